The Kier molecular flexibility index (Phi) is 5.21. The van der Waals surface area contributed by atoms with E-state index in [-0.39, 0.29) is 23.0 Å². The summed E-state index contributed by atoms with van der Waals surface area (Å²) >= 11 is 0. The molecule has 1 aliphatic heterocycles. The minimum Gasteiger partial charge on any atom is -0.495 e. The zero-order valence-corrected chi connectivity index (χ0v) is 15.7. The topological polar surface area (TPSA) is 131 Å². The molecule has 2 N–H and O–H groups in total. The van der Waals surface area contributed by atoms with Gasteiger partial charge in [0.2, 0.25) is 5.91 Å². The smallest absolute Gasteiger partial charge is 0.325 e. The summed E-state index contributed by atoms with van der Waals surface area (Å²) in [4.78, 5) is 49.0. The first-order chi connectivity index (χ1) is 13.3. The van der Waals surface area contributed by atoms with Crippen molar-refractivity contribution in [1.82, 2.24) is 10.2 Å². The molecule has 2 fully saturated rings. The van der Waals surface area contributed by atoms with Crippen LogP contribution in [0.1, 0.15) is 32.6 Å². The second-order valence-electron chi connectivity index (χ2n) is 7.13. The van der Waals surface area contributed by atoms with Crippen LogP contribution in [0.15, 0.2) is 18.2 Å². The van der Waals surface area contributed by atoms with E-state index in [1.807, 2.05) is 6.92 Å². The number of anilines is 1. The fraction of sp³-hybridized carbons (Fsp3) is 0.500. The molecule has 150 valence electrons. The third kappa shape index (κ3) is 3.37. The zero-order valence-electron chi connectivity index (χ0n) is 15.7. The van der Waals surface area contributed by atoms with E-state index in [4.69, 9.17) is 4.74 Å². The molecule has 4 amide bonds. The first kappa shape index (κ1) is 19.6. The maximum absolute atomic E-state index is 12.9. The summed E-state index contributed by atoms with van der Waals surface area (Å²) < 4.78 is 5.10. The Morgan fingerprint density at radius 2 is 2.18 bits per heavy atom. The number of non-ortho nitro benzene ring substituents is 1. The van der Waals surface area contributed by atoms with Gasteiger partial charge in [0.25, 0.3) is 11.6 Å². The number of urea groups is 1. The van der Waals surface area contributed by atoms with Gasteiger partial charge in [-0.15, -0.1) is 0 Å². The molecule has 3 rings (SSSR count). The van der Waals surface area contributed by atoms with Gasteiger partial charge in [0, 0.05) is 12.1 Å². The van der Waals surface area contributed by atoms with Crippen molar-refractivity contribution in [2.24, 2.45) is 5.92 Å². The van der Waals surface area contributed by atoms with E-state index in [1.54, 1.807) is 0 Å². The Morgan fingerprint density at radius 3 is 2.82 bits per heavy atom. The normalized spacial score (nSPS) is 24.2. The zero-order chi connectivity index (χ0) is 20.5. The third-order valence-electron chi connectivity index (χ3n) is 5.47. The van der Waals surface area contributed by atoms with Crippen molar-refractivity contribution < 1.29 is 24.0 Å². The third-order valence-corrected chi connectivity index (χ3v) is 5.47. The Bertz CT molecular complexity index is 841. The molecular formula is C18H22N4O6. The molecule has 10 nitrogen and oxygen atoms in total. The average molecular weight is 390 g/mol. The number of nitrogens with one attached hydrogen (secondary N) is 2. The van der Waals surface area contributed by atoms with E-state index in [9.17, 15) is 24.5 Å². The number of carbonyl (C=O) groups excluding carboxylic acids is 3. The molecule has 1 aromatic carbocycles. The monoisotopic (exact) mass is 390 g/mol. The number of nitro benzene ring substituents is 1. The van der Waals surface area contributed by atoms with Gasteiger partial charge in [-0.05, 0) is 24.8 Å². The Morgan fingerprint density at radius 1 is 1.43 bits per heavy atom. The van der Waals surface area contributed by atoms with E-state index in [0.29, 0.717) is 6.42 Å². The van der Waals surface area contributed by atoms with Gasteiger partial charge < -0.3 is 15.4 Å². The Balaban J connectivity index is 1.75. The van der Waals surface area contributed by atoms with Crippen LogP contribution in [-0.2, 0) is 9.59 Å². The standard InChI is InChI=1S/C18H22N4O6/c1-11-5-3-4-8-18(11)16(24)21(17(25)20-18)10-15(23)19-13-9-12(22(26)27)6-7-14(13)28-2/h6-7,9,11H,3-5,8,10H2,1-2H3,(H,19,23)(H,20,25). The van der Waals surface area contributed by atoms with Crippen molar-refractivity contribution >= 4 is 29.2 Å². The van der Waals surface area contributed by atoms with Gasteiger partial charge in [0.1, 0.15) is 17.8 Å². The Labute approximate surface area is 161 Å². The molecule has 2 atom stereocenters. The number of ether oxygens (including phenoxy) is 1. The first-order valence-corrected chi connectivity index (χ1v) is 9.05. The van der Waals surface area contributed by atoms with Crippen molar-refractivity contribution in [3.05, 3.63) is 28.3 Å². The maximum atomic E-state index is 12.9. The second-order valence-corrected chi connectivity index (χ2v) is 7.13. The van der Waals surface area contributed by atoms with E-state index in [2.05, 4.69) is 10.6 Å². The van der Waals surface area contributed by atoms with Crippen LogP contribution in [0.2, 0.25) is 0 Å². The number of imide groups is 1. The number of hydrogen-bond donors (Lipinski definition) is 2. The van der Waals surface area contributed by atoms with Crippen LogP contribution >= 0.6 is 0 Å². The summed E-state index contributed by atoms with van der Waals surface area (Å²) in [5, 5.41) is 16.2. The van der Waals surface area contributed by atoms with E-state index >= 15 is 0 Å². The maximum Gasteiger partial charge on any atom is 0.325 e. The van der Waals surface area contributed by atoms with Crippen LogP contribution in [0.5, 0.6) is 5.75 Å². The van der Waals surface area contributed by atoms with Crippen LogP contribution in [-0.4, -0.2) is 46.9 Å². The molecule has 0 bridgehead atoms. The lowest BCUT2D eigenvalue weighted by Crippen LogP contribution is -2.54. The van der Waals surface area contributed by atoms with E-state index in [1.165, 1.54) is 19.2 Å². The average Bonchev–Trinajstić information content (AvgIpc) is 2.89. The molecule has 1 saturated heterocycles. The van der Waals surface area contributed by atoms with Gasteiger partial charge in [0.05, 0.1) is 17.7 Å². The minimum absolute atomic E-state index is 0.0115. The number of nitro groups is 1. The van der Waals surface area contributed by atoms with E-state index in [0.717, 1.165) is 30.2 Å². The SMILES string of the molecule is COc1ccc([N+](=O)[O-])cc1NC(=O)CN1C(=O)NC2(CCCCC2C)C1=O. The fourth-order valence-corrected chi connectivity index (χ4v) is 3.88. The number of methoxy groups -OCH3 is 1. The summed E-state index contributed by atoms with van der Waals surface area (Å²) in [5.74, 6) is -0.829. The number of hydrogen-bond acceptors (Lipinski definition) is 6. The van der Waals surface area contributed by atoms with Crippen LogP contribution in [0.3, 0.4) is 0 Å². The lowest BCUT2D eigenvalue weighted by atomic mass is 9.73. The van der Waals surface area contributed by atoms with E-state index < -0.39 is 34.9 Å². The highest BCUT2D eigenvalue weighted by Crippen LogP contribution is 2.38. The van der Waals surface area contributed by atoms with Gasteiger partial charge in [-0.1, -0.05) is 19.8 Å². The summed E-state index contributed by atoms with van der Waals surface area (Å²) in [6, 6.07) is 3.17. The molecule has 2 unspecified atom stereocenters. The number of carbonyl (C=O) groups is 3. The summed E-state index contributed by atoms with van der Waals surface area (Å²) in [5.41, 5.74) is -1.07. The van der Waals surface area contributed by atoms with Crippen LogP contribution in [0.25, 0.3) is 0 Å². The van der Waals surface area contributed by atoms with Gasteiger partial charge >= 0.3 is 6.03 Å². The molecule has 1 aromatic rings. The highest BCUT2D eigenvalue weighted by Gasteiger charge is 2.55. The second kappa shape index (κ2) is 7.45. The minimum atomic E-state index is -0.946. The number of amides is 4. The number of nitrogens with zero attached hydrogens (tertiary/aromatic N) is 2. The lowest BCUT2D eigenvalue weighted by molar-refractivity contribution is -0.384. The van der Waals surface area contributed by atoms with Crippen molar-refractivity contribution in [1.29, 1.82) is 0 Å². The quantitative estimate of drug-likeness (QED) is 0.449. The Hall–Kier alpha value is -3.17. The van der Waals surface area contributed by atoms with Gasteiger partial charge in [-0.25, -0.2) is 4.79 Å². The molecule has 28 heavy (non-hydrogen) atoms. The summed E-state index contributed by atoms with van der Waals surface area (Å²) in [6.07, 6.45) is 3.22. The first-order valence-electron chi connectivity index (χ1n) is 9.05. The van der Waals surface area contributed by atoms with Crippen molar-refractivity contribution in [2.75, 3.05) is 19.0 Å². The number of benzene rings is 1. The molecule has 1 saturated carbocycles. The molecule has 1 heterocycles. The predicted octanol–water partition coefficient (Wildman–Crippen LogP) is 2.04. The predicted molar refractivity (Wildman–Crippen MR) is 98.9 cm³/mol. The highest BCUT2D eigenvalue weighted by molar-refractivity contribution is 6.10. The highest BCUT2D eigenvalue weighted by atomic mass is 16.6. The molecular weight excluding hydrogens is 368 g/mol. The largest absolute Gasteiger partial charge is 0.495 e. The summed E-state index contributed by atoms with van der Waals surface area (Å²) in [7, 11) is 1.36. The van der Waals surface area contributed by atoms with Crippen molar-refractivity contribution in [3.63, 3.8) is 0 Å². The molecule has 10 heteroatoms. The van der Waals surface area contributed by atoms with Gasteiger partial charge in [0.15, 0.2) is 0 Å². The van der Waals surface area contributed by atoms with Crippen LogP contribution in [0.4, 0.5) is 16.2 Å². The van der Waals surface area contributed by atoms with Gasteiger partial charge in [-0.3, -0.25) is 24.6 Å². The molecule has 0 radical (unpaired) electrons. The van der Waals surface area contributed by atoms with Crippen molar-refractivity contribution in [3.8, 4) is 5.75 Å². The van der Waals surface area contributed by atoms with Crippen LogP contribution < -0.4 is 15.4 Å². The van der Waals surface area contributed by atoms with Crippen molar-refractivity contribution in [2.45, 2.75) is 38.1 Å². The summed E-state index contributed by atoms with van der Waals surface area (Å²) in [6.45, 7) is 1.44. The molecule has 2 aliphatic rings. The van der Waals surface area contributed by atoms with Crippen LogP contribution in [0, 0.1) is 16.0 Å². The molecule has 1 aliphatic carbocycles. The fourth-order valence-electron chi connectivity index (χ4n) is 3.88. The number of rotatable bonds is 5. The molecule has 0 aromatic heterocycles. The van der Waals surface area contributed by atoms with Gasteiger partial charge in [-0.2, -0.15) is 0 Å². The lowest BCUT2D eigenvalue weighted by Gasteiger charge is -2.36. The molecule has 1 spiro atoms.